The highest BCUT2D eigenvalue weighted by Gasteiger charge is 2.12. The molecular formula is C13H9Br2ClFNO2. The van der Waals surface area contributed by atoms with Crippen LogP contribution in [-0.4, -0.2) is 12.1 Å². The normalized spacial score (nSPS) is 10.4. The number of halogens is 4. The fourth-order valence-corrected chi connectivity index (χ4v) is 2.58. The summed E-state index contributed by atoms with van der Waals surface area (Å²) in [7, 11) is 1.57. The molecule has 0 aliphatic rings. The van der Waals surface area contributed by atoms with Crippen molar-refractivity contribution in [3.05, 3.63) is 44.7 Å². The molecule has 3 nitrogen and oxygen atoms in total. The van der Waals surface area contributed by atoms with Crippen molar-refractivity contribution in [3.63, 3.8) is 0 Å². The lowest BCUT2D eigenvalue weighted by molar-refractivity contribution is 0.408. The molecule has 0 amide bonds. The molecule has 2 aromatic rings. The van der Waals surface area contributed by atoms with Crippen LogP contribution in [0.2, 0.25) is 0 Å². The molecular weight excluding hydrogens is 416 g/mol. The zero-order valence-electron chi connectivity index (χ0n) is 10.3. The van der Waals surface area contributed by atoms with Gasteiger partial charge in [0.1, 0.15) is 17.3 Å². The Hall–Kier alpha value is -0.850. The lowest BCUT2D eigenvalue weighted by Crippen LogP contribution is -1.96. The number of alkyl halides is 1. The van der Waals surface area contributed by atoms with Gasteiger partial charge in [0.25, 0.3) is 0 Å². The highest BCUT2D eigenvalue weighted by molar-refractivity contribution is 9.11. The Morgan fingerprint density at radius 3 is 2.50 bits per heavy atom. The van der Waals surface area contributed by atoms with E-state index in [4.69, 9.17) is 21.1 Å². The predicted molar refractivity (Wildman–Crippen MR) is 82.2 cm³/mol. The Kier molecular flexibility index (Phi) is 5.23. The van der Waals surface area contributed by atoms with Gasteiger partial charge in [0.15, 0.2) is 0 Å². The van der Waals surface area contributed by atoms with Crippen LogP contribution < -0.4 is 9.47 Å². The van der Waals surface area contributed by atoms with E-state index in [1.165, 1.54) is 6.07 Å². The third-order valence-electron chi connectivity index (χ3n) is 2.45. The largest absolute Gasteiger partial charge is 0.496 e. The fourth-order valence-electron chi connectivity index (χ4n) is 1.51. The van der Waals surface area contributed by atoms with Gasteiger partial charge in [-0.1, -0.05) is 0 Å². The van der Waals surface area contributed by atoms with E-state index in [9.17, 15) is 4.39 Å². The molecule has 0 spiro atoms. The third-order valence-corrected chi connectivity index (χ3v) is 3.98. The van der Waals surface area contributed by atoms with E-state index in [1.54, 1.807) is 19.2 Å². The Morgan fingerprint density at radius 2 is 1.85 bits per heavy atom. The molecule has 0 unspecified atom stereocenters. The van der Waals surface area contributed by atoms with Gasteiger partial charge in [-0.2, -0.15) is 0 Å². The summed E-state index contributed by atoms with van der Waals surface area (Å²) in [5.41, 5.74) is 0.477. The van der Waals surface area contributed by atoms with Crippen LogP contribution in [0, 0.1) is 5.82 Å². The maximum Gasteiger partial charge on any atom is 0.223 e. The summed E-state index contributed by atoms with van der Waals surface area (Å²) in [5, 5.41) is 0. The van der Waals surface area contributed by atoms with Gasteiger partial charge in [-0.25, -0.2) is 9.37 Å². The van der Waals surface area contributed by atoms with Crippen LogP contribution >= 0.6 is 43.5 Å². The van der Waals surface area contributed by atoms with Gasteiger partial charge < -0.3 is 9.47 Å². The van der Waals surface area contributed by atoms with Crippen molar-refractivity contribution in [1.82, 2.24) is 4.98 Å². The van der Waals surface area contributed by atoms with Gasteiger partial charge >= 0.3 is 0 Å². The number of aromatic nitrogens is 1. The molecule has 106 valence electrons. The summed E-state index contributed by atoms with van der Waals surface area (Å²) in [5.74, 6) is 1.09. The van der Waals surface area contributed by atoms with Crippen LogP contribution in [0.1, 0.15) is 5.56 Å². The van der Waals surface area contributed by atoms with Crippen molar-refractivity contribution >= 4 is 43.5 Å². The molecule has 7 heteroatoms. The molecule has 0 saturated carbocycles. The molecule has 0 saturated heterocycles. The van der Waals surface area contributed by atoms with Gasteiger partial charge in [-0.15, -0.1) is 11.6 Å². The number of methoxy groups -OCH3 is 1. The zero-order chi connectivity index (χ0) is 14.7. The SMILES string of the molecule is COc1cc(Br)c(Oc2ncc(F)cc2CCl)cc1Br. The topological polar surface area (TPSA) is 31.4 Å². The van der Waals surface area contributed by atoms with Crippen molar-refractivity contribution in [2.24, 2.45) is 0 Å². The summed E-state index contributed by atoms with van der Waals surface area (Å²) in [4.78, 5) is 3.91. The minimum absolute atomic E-state index is 0.106. The third kappa shape index (κ3) is 3.42. The molecule has 0 aliphatic heterocycles. The predicted octanol–water partition coefficient (Wildman–Crippen LogP) is 5.29. The summed E-state index contributed by atoms with van der Waals surface area (Å²) in [6.45, 7) is 0. The molecule has 20 heavy (non-hydrogen) atoms. The number of hydrogen-bond donors (Lipinski definition) is 0. The highest BCUT2D eigenvalue weighted by Crippen LogP contribution is 2.38. The van der Waals surface area contributed by atoms with Crippen LogP contribution in [0.5, 0.6) is 17.4 Å². The minimum Gasteiger partial charge on any atom is -0.496 e. The van der Waals surface area contributed by atoms with Crippen LogP contribution in [0.4, 0.5) is 4.39 Å². The first-order valence-corrected chi connectivity index (χ1v) is 7.58. The maximum absolute atomic E-state index is 13.1. The lowest BCUT2D eigenvalue weighted by atomic mass is 10.3. The van der Waals surface area contributed by atoms with Gasteiger partial charge in [0, 0.05) is 5.56 Å². The Labute approximate surface area is 137 Å². The van der Waals surface area contributed by atoms with Crippen LogP contribution in [0.25, 0.3) is 0 Å². The molecule has 0 bridgehead atoms. The molecule has 1 aromatic heterocycles. The number of benzene rings is 1. The van der Waals surface area contributed by atoms with Crippen LogP contribution in [0.3, 0.4) is 0 Å². The lowest BCUT2D eigenvalue weighted by Gasteiger charge is -2.12. The number of pyridine rings is 1. The number of nitrogens with zero attached hydrogens (tertiary/aromatic N) is 1. The van der Waals surface area contributed by atoms with E-state index in [2.05, 4.69) is 36.8 Å². The number of ether oxygens (including phenoxy) is 2. The average molecular weight is 425 g/mol. The van der Waals surface area contributed by atoms with E-state index < -0.39 is 5.82 Å². The van der Waals surface area contributed by atoms with Crippen molar-refractivity contribution in [2.75, 3.05) is 7.11 Å². The summed E-state index contributed by atoms with van der Waals surface area (Å²) in [6, 6.07) is 4.77. The van der Waals surface area contributed by atoms with E-state index in [1.807, 2.05) is 0 Å². The molecule has 1 heterocycles. The number of rotatable bonds is 4. The smallest absolute Gasteiger partial charge is 0.223 e. The molecule has 0 atom stereocenters. The summed E-state index contributed by atoms with van der Waals surface area (Å²) < 4.78 is 25.4. The van der Waals surface area contributed by atoms with E-state index in [0.29, 0.717) is 21.5 Å². The van der Waals surface area contributed by atoms with Crippen molar-refractivity contribution < 1.29 is 13.9 Å². The highest BCUT2D eigenvalue weighted by atomic mass is 79.9. The second-order valence-corrected chi connectivity index (χ2v) is 5.75. The Morgan fingerprint density at radius 1 is 1.20 bits per heavy atom. The second-order valence-electron chi connectivity index (χ2n) is 3.77. The standard InChI is InChI=1S/C13H9Br2ClFNO2/c1-19-11-3-10(15)12(4-9(11)14)20-13-7(5-16)2-8(17)6-18-13/h2-4,6H,5H2,1H3. The summed E-state index contributed by atoms with van der Waals surface area (Å²) in [6.07, 6.45) is 1.08. The first-order chi connectivity index (χ1) is 9.55. The van der Waals surface area contributed by atoms with E-state index in [-0.39, 0.29) is 11.8 Å². The van der Waals surface area contributed by atoms with Gasteiger partial charge in [-0.3, -0.25) is 0 Å². The minimum atomic E-state index is -0.456. The second kappa shape index (κ2) is 6.74. The van der Waals surface area contributed by atoms with Crippen molar-refractivity contribution in [2.45, 2.75) is 5.88 Å². The maximum atomic E-state index is 13.1. The van der Waals surface area contributed by atoms with Gasteiger partial charge in [0.05, 0.1) is 28.1 Å². The Balaban J connectivity index is 2.37. The van der Waals surface area contributed by atoms with Crippen molar-refractivity contribution in [3.8, 4) is 17.4 Å². The van der Waals surface area contributed by atoms with E-state index >= 15 is 0 Å². The fraction of sp³-hybridized carbons (Fsp3) is 0.154. The van der Waals surface area contributed by atoms with Gasteiger partial charge in [0.2, 0.25) is 5.88 Å². The first kappa shape index (κ1) is 15.5. The molecule has 0 radical (unpaired) electrons. The summed E-state index contributed by atoms with van der Waals surface area (Å²) >= 11 is 12.5. The average Bonchev–Trinajstić information content (AvgIpc) is 2.44. The Bertz CT molecular complexity index is 640. The number of hydrogen-bond acceptors (Lipinski definition) is 3. The van der Waals surface area contributed by atoms with E-state index in [0.717, 1.165) is 10.7 Å². The molecule has 1 aromatic carbocycles. The van der Waals surface area contributed by atoms with Crippen molar-refractivity contribution in [1.29, 1.82) is 0 Å². The van der Waals surface area contributed by atoms with Gasteiger partial charge in [-0.05, 0) is 50.1 Å². The first-order valence-electron chi connectivity index (χ1n) is 5.46. The quantitative estimate of drug-likeness (QED) is 0.624. The monoisotopic (exact) mass is 423 g/mol. The molecule has 0 aliphatic carbocycles. The molecule has 2 rings (SSSR count). The van der Waals surface area contributed by atoms with Crippen LogP contribution in [0.15, 0.2) is 33.3 Å². The van der Waals surface area contributed by atoms with Crippen LogP contribution in [-0.2, 0) is 5.88 Å². The molecule has 0 fully saturated rings. The zero-order valence-corrected chi connectivity index (χ0v) is 14.2. The molecule has 0 N–H and O–H groups in total.